The first-order valence-electron chi connectivity index (χ1n) is 5.73. The highest BCUT2D eigenvalue weighted by Crippen LogP contribution is 2.23. The van der Waals surface area contributed by atoms with Gasteiger partial charge in [-0.25, -0.2) is 0 Å². The predicted octanol–water partition coefficient (Wildman–Crippen LogP) is 2.51. The monoisotopic (exact) mass is 201 g/mol. The molecule has 0 spiro atoms. The summed E-state index contributed by atoms with van der Waals surface area (Å²) in [7, 11) is 2.15. The van der Waals surface area contributed by atoms with Crippen LogP contribution in [0.4, 0.5) is 0 Å². The fourth-order valence-electron chi connectivity index (χ4n) is 1.82. The zero-order valence-corrected chi connectivity index (χ0v) is 10.7. The van der Waals surface area contributed by atoms with Gasteiger partial charge in [-0.3, -0.25) is 0 Å². The molecular formula is C12H27NO. The van der Waals surface area contributed by atoms with E-state index in [1.807, 2.05) is 6.92 Å². The summed E-state index contributed by atoms with van der Waals surface area (Å²) >= 11 is 0. The van der Waals surface area contributed by atoms with Crippen LogP contribution in [0.1, 0.15) is 47.5 Å². The lowest BCUT2D eigenvalue weighted by molar-refractivity contribution is 0.0294. The molecule has 1 N–H and O–H groups in total. The van der Waals surface area contributed by atoms with E-state index in [4.69, 9.17) is 0 Å². The van der Waals surface area contributed by atoms with Crippen molar-refractivity contribution in [2.45, 2.75) is 59.6 Å². The van der Waals surface area contributed by atoms with Crippen molar-refractivity contribution in [1.82, 2.24) is 4.90 Å². The first-order chi connectivity index (χ1) is 6.35. The summed E-state index contributed by atoms with van der Waals surface area (Å²) in [4.78, 5) is 2.37. The lowest BCUT2D eigenvalue weighted by atomic mass is 9.86. The Labute approximate surface area is 89.3 Å². The smallest absolute Gasteiger partial charge is 0.0575 e. The maximum absolute atomic E-state index is 9.63. The van der Waals surface area contributed by atoms with Gasteiger partial charge in [-0.15, -0.1) is 0 Å². The normalized spacial score (nSPS) is 15.2. The van der Waals surface area contributed by atoms with Gasteiger partial charge in [-0.2, -0.15) is 0 Å². The summed E-state index contributed by atoms with van der Waals surface area (Å²) in [6, 6.07) is 0.646. The topological polar surface area (TPSA) is 23.5 Å². The van der Waals surface area contributed by atoms with Crippen molar-refractivity contribution in [3.63, 3.8) is 0 Å². The minimum absolute atomic E-state index is 0.0165. The van der Waals surface area contributed by atoms with E-state index in [-0.39, 0.29) is 11.5 Å². The molecule has 0 heterocycles. The fraction of sp³-hybridized carbons (Fsp3) is 1.00. The minimum atomic E-state index is -0.251. The van der Waals surface area contributed by atoms with Crippen molar-refractivity contribution in [3.05, 3.63) is 0 Å². The van der Waals surface area contributed by atoms with Crippen molar-refractivity contribution in [2.24, 2.45) is 5.41 Å². The molecule has 0 aromatic rings. The second kappa shape index (κ2) is 5.72. The molecule has 0 radical (unpaired) electrons. The molecule has 0 aromatic carbocycles. The Morgan fingerprint density at radius 1 is 1.21 bits per heavy atom. The minimum Gasteiger partial charge on any atom is -0.393 e. The summed E-state index contributed by atoms with van der Waals surface area (Å²) < 4.78 is 0. The third-order valence-corrected chi connectivity index (χ3v) is 3.35. The van der Waals surface area contributed by atoms with Gasteiger partial charge < -0.3 is 10.0 Å². The third-order valence-electron chi connectivity index (χ3n) is 3.35. The van der Waals surface area contributed by atoms with Crippen molar-refractivity contribution >= 4 is 0 Å². The molecule has 0 aliphatic heterocycles. The van der Waals surface area contributed by atoms with E-state index in [1.54, 1.807) is 0 Å². The number of rotatable bonds is 6. The standard InChI is InChI=1S/C12H27NO/c1-7-11(8-2)13(6)9-12(4,5)10(3)14/h10-11,14H,7-9H2,1-6H3. The quantitative estimate of drug-likeness (QED) is 0.714. The molecule has 0 rings (SSSR count). The zero-order chi connectivity index (χ0) is 11.4. The number of hydrogen-bond acceptors (Lipinski definition) is 2. The SMILES string of the molecule is CCC(CC)N(C)CC(C)(C)C(C)O. The van der Waals surface area contributed by atoms with E-state index in [1.165, 1.54) is 12.8 Å². The molecule has 2 nitrogen and oxygen atoms in total. The summed E-state index contributed by atoms with van der Waals surface area (Å²) in [5, 5.41) is 9.63. The second-order valence-electron chi connectivity index (χ2n) is 5.05. The summed E-state index contributed by atoms with van der Waals surface area (Å²) in [5.74, 6) is 0. The third kappa shape index (κ3) is 3.97. The molecular weight excluding hydrogens is 174 g/mol. The summed E-state index contributed by atoms with van der Waals surface area (Å²) in [6.07, 6.45) is 2.12. The van der Waals surface area contributed by atoms with Crippen LogP contribution in [0.15, 0.2) is 0 Å². The number of nitrogens with zero attached hydrogens (tertiary/aromatic N) is 1. The first kappa shape index (κ1) is 13.9. The summed E-state index contributed by atoms with van der Waals surface area (Å²) in [5.41, 5.74) is -0.0165. The van der Waals surface area contributed by atoms with Crippen LogP contribution >= 0.6 is 0 Å². The van der Waals surface area contributed by atoms with Crippen molar-refractivity contribution < 1.29 is 5.11 Å². The average Bonchev–Trinajstić information content (AvgIpc) is 2.05. The molecule has 0 bridgehead atoms. The molecule has 1 unspecified atom stereocenters. The van der Waals surface area contributed by atoms with Gasteiger partial charge in [-0.05, 0) is 26.8 Å². The zero-order valence-electron chi connectivity index (χ0n) is 10.7. The summed E-state index contributed by atoms with van der Waals surface area (Å²) in [6.45, 7) is 11.5. The van der Waals surface area contributed by atoms with Crippen LogP contribution in [-0.2, 0) is 0 Å². The van der Waals surface area contributed by atoms with Crippen LogP contribution in [0.3, 0.4) is 0 Å². The Morgan fingerprint density at radius 2 is 1.64 bits per heavy atom. The van der Waals surface area contributed by atoms with E-state index >= 15 is 0 Å². The van der Waals surface area contributed by atoms with E-state index in [2.05, 4.69) is 39.6 Å². The van der Waals surface area contributed by atoms with Gasteiger partial charge in [-0.1, -0.05) is 27.7 Å². The van der Waals surface area contributed by atoms with Crippen molar-refractivity contribution in [1.29, 1.82) is 0 Å². The van der Waals surface area contributed by atoms with E-state index in [0.29, 0.717) is 6.04 Å². The maximum Gasteiger partial charge on any atom is 0.0575 e. The fourth-order valence-corrected chi connectivity index (χ4v) is 1.82. The number of aliphatic hydroxyl groups excluding tert-OH is 1. The molecule has 0 saturated carbocycles. The largest absolute Gasteiger partial charge is 0.393 e. The molecule has 86 valence electrons. The molecule has 1 atom stereocenters. The van der Waals surface area contributed by atoms with Crippen LogP contribution < -0.4 is 0 Å². The lowest BCUT2D eigenvalue weighted by Crippen LogP contribution is -2.42. The molecule has 0 aliphatic carbocycles. The van der Waals surface area contributed by atoms with Crippen LogP contribution in [-0.4, -0.2) is 35.7 Å². The highest BCUT2D eigenvalue weighted by molar-refractivity contribution is 4.80. The van der Waals surface area contributed by atoms with Gasteiger partial charge in [0, 0.05) is 18.0 Å². The average molecular weight is 201 g/mol. The molecule has 0 amide bonds. The van der Waals surface area contributed by atoms with Crippen molar-refractivity contribution in [3.8, 4) is 0 Å². The Hall–Kier alpha value is -0.0800. The van der Waals surface area contributed by atoms with Crippen LogP contribution in [0.25, 0.3) is 0 Å². The molecule has 2 heteroatoms. The van der Waals surface area contributed by atoms with Crippen LogP contribution in [0.2, 0.25) is 0 Å². The van der Waals surface area contributed by atoms with Crippen molar-refractivity contribution in [2.75, 3.05) is 13.6 Å². The van der Waals surface area contributed by atoms with Gasteiger partial charge in [0.2, 0.25) is 0 Å². The van der Waals surface area contributed by atoms with Gasteiger partial charge >= 0.3 is 0 Å². The Kier molecular flexibility index (Phi) is 5.68. The molecule has 0 aliphatic rings. The van der Waals surface area contributed by atoms with Gasteiger partial charge in [0.1, 0.15) is 0 Å². The Bertz CT molecular complexity index is 150. The predicted molar refractivity (Wildman–Crippen MR) is 62.5 cm³/mol. The van der Waals surface area contributed by atoms with Crippen LogP contribution in [0, 0.1) is 5.41 Å². The highest BCUT2D eigenvalue weighted by Gasteiger charge is 2.27. The van der Waals surface area contributed by atoms with Gasteiger partial charge in [0.05, 0.1) is 6.10 Å². The Morgan fingerprint density at radius 3 is 1.93 bits per heavy atom. The first-order valence-corrected chi connectivity index (χ1v) is 5.73. The number of hydrogen-bond donors (Lipinski definition) is 1. The maximum atomic E-state index is 9.63. The van der Waals surface area contributed by atoms with Gasteiger partial charge in [0.25, 0.3) is 0 Å². The molecule has 0 fully saturated rings. The van der Waals surface area contributed by atoms with E-state index < -0.39 is 0 Å². The molecule has 14 heavy (non-hydrogen) atoms. The molecule has 0 saturated heterocycles. The van der Waals surface area contributed by atoms with E-state index in [9.17, 15) is 5.11 Å². The number of aliphatic hydroxyl groups is 1. The lowest BCUT2D eigenvalue weighted by Gasteiger charge is -2.36. The Balaban J connectivity index is 4.22. The van der Waals surface area contributed by atoms with Gasteiger partial charge in [0.15, 0.2) is 0 Å². The van der Waals surface area contributed by atoms with Crippen LogP contribution in [0.5, 0.6) is 0 Å². The van der Waals surface area contributed by atoms with E-state index in [0.717, 1.165) is 6.54 Å². The highest BCUT2D eigenvalue weighted by atomic mass is 16.3. The molecule has 0 aromatic heterocycles. The second-order valence-corrected chi connectivity index (χ2v) is 5.05.